The second kappa shape index (κ2) is 8.63. The lowest BCUT2D eigenvalue weighted by Gasteiger charge is -2.38. The molecule has 1 atom stereocenters. The Morgan fingerprint density at radius 1 is 1.29 bits per heavy atom. The van der Waals surface area contributed by atoms with E-state index >= 15 is 0 Å². The van der Waals surface area contributed by atoms with E-state index in [0.29, 0.717) is 29.2 Å². The first-order valence-corrected chi connectivity index (χ1v) is 11.8. The van der Waals surface area contributed by atoms with Gasteiger partial charge in [0.05, 0.1) is 31.6 Å². The Labute approximate surface area is 183 Å². The SMILES string of the molecule is C=CCN(c1ccc(C(=O)NC2CC(C)(C)Oc3ccc(OC)cc32)cc1)S(C)(=O)=O. The number of sulfonamides is 1. The van der Waals surface area contributed by atoms with Gasteiger partial charge >= 0.3 is 0 Å². The molecule has 0 spiro atoms. The van der Waals surface area contributed by atoms with Crippen LogP contribution in [-0.4, -0.2) is 39.8 Å². The second-order valence-electron chi connectivity index (χ2n) is 8.13. The summed E-state index contributed by atoms with van der Waals surface area (Å²) in [5.74, 6) is 1.15. The lowest BCUT2D eigenvalue weighted by atomic mass is 9.89. The molecule has 1 N–H and O–H groups in total. The average Bonchev–Trinajstić information content (AvgIpc) is 2.70. The molecule has 8 heteroatoms. The minimum absolute atomic E-state index is 0.153. The number of benzene rings is 2. The molecule has 2 aromatic rings. The predicted octanol–water partition coefficient (Wildman–Crippen LogP) is 3.68. The Bertz CT molecular complexity index is 1080. The fraction of sp³-hybridized carbons (Fsp3) is 0.348. The molecular formula is C23H28N2O5S. The minimum atomic E-state index is -3.45. The van der Waals surface area contributed by atoms with Gasteiger partial charge in [0.2, 0.25) is 10.0 Å². The van der Waals surface area contributed by atoms with Crippen molar-refractivity contribution in [1.82, 2.24) is 5.32 Å². The van der Waals surface area contributed by atoms with Gasteiger partial charge in [0, 0.05) is 17.5 Å². The third kappa shape index (κ3) is 5.19. The van der Waals surface area contributed by atoms with Crippen molar-refractivity contribution in [2.75, 3.05) is 24.2 Å². The van der Waals surface area contributed by atoms with Crippen molar-refractivity contribution < 1.29 is 22.7 Å². The van der Waals surface area contributed by atoms with Gasteiger partial charge < -0.3 is 14.8 Å². The van der Waals surface area contributed by atoms with Crippen LogP contribution in [0.5, 0.6) is 11.5 Å². The molecule has 7 nitrogen and oxygen atoms in total. The maximum atomic E-state index is 13.0. The summed E-state index contributed by atoms with van der Waals surface area (Å²) in [5, 5.41) is 3.08. The molecule has 166 valence electrons. The average molecular weight is 445 g/mol. The number of hydrogen-bond donors (Lipinski definition) is 1. The van der Waals surface area contributed by atoms with E-state index in [9.17, 15) is 13.2 Å². The Balaban J connectivity index is 1.84. The van der Waals surface area contributed by atoms with E-state index in [1.54, 1.807) is 31.4 Å². The second-order valence-corrected chi connectivity index (χ2v) is 10.0. The van der Waals surface area contributed by atoms with E-state index in [2.05, 4.69) is 11.9 Å². The van der Waals surface area contributed by atoms with Gasteiger partial charge in [0.25, 0.3) is 5.91 Å². The van der Waals surface area contributed by atoms with Crippen LogP contribution in [-0.2, 0) is 10.0 Å². The smallest absolute Gasteiger partial charge is 0.251 e. The summed E-state index contributed by atoms with van der Waals surface area (Å²) >= 11 is 0. The number of ether oxygens (including phenoxy) is 2. The highest BCUT2D eigenvalue weighted by molar-refractivity contribution is 7.92. The molecular weight excluding hydrogens is 416 g/mol. The van der Waals surface area contributed by atoms with E-state index in [4.69, 9.17) is 9.47 Å². The van der Waals surface area contributed by atoms with Gasteiger partial charge in [0.1, 0.15) is 17.1 Å². The fourth-order valence-corrected chi connectivity index (χ4v) is 4.54. The molecule has 0 aliphatic carbocycles. The first-order chi connectivity index (χ1) is 14.5. The van der Waals surface area contributed by atoms with Crippen molar-refractivity contribution in [2.24, 2.45) is 0 Å². The molecule has 0 saturated heterocycles. The lowest BCUT2D eigenvalue weighted by molar-refractivity contribution is 0.0618. The first kappa shape index (κ1) is 22.7. The number of carbonyl (C=O) groups is 1. The van der Waals surface area contributed by atoms with Gasteiger partial charge in [-0.1, -0.05) is 6.08 Å². The normalized spacial score (nSPS) is 17.1. The summed E-state index contributed by atoms with van der Waals surface area (Å²) in [4.78, 5) is 13.0. The van der Waals surface area contributed by atoms with Crippen LogP contribution >= 0.6 is 0 Å². The molecule has 1 aliphatic rings. The summed E-state index contributed by atoms with van der Waals surface area (Å²) in [6.45, 7) is 7.72. The first-order valence-electron chi connectivity index (χ1n) is 9.90. The van der Waals surface area contributed by atoms with E-state index in [0.717, 1.165) is 11.8 Å². The molecule has 0 saturated carbocycles. The Hall–Kier alpha value is -3.00. The molecule has 3 rings (SSSR count). The Morgan fingerprint density at radius 3 is 2.55 bits per heavy atom. The molecule has 2 aromatic carbocycles. The summed E-state index contributed by atoms with van der Waals surface area (Å²) in [6, 6.07) is 11.8. The van der Waals surface area contributed by atoms with Crippen LogP contribution in [0.3, 0.4) is 0 Å². The molecule has 0 bridgehead atoms. The largest absolute Gasteiger partial charge is 0.497 e. The highest BCUT2D eigenvalue weighted by Gasteiger charge is 2.35. The van der Waals surface area contributed by atoms with Crippen LogP contribution in [0.25, 0.3) is 0 Å². The predicted molar refractivity (Wildman–Crippen MR) is 121 cm³/mol. The number of amides is 1. The zero-order valence-electron chi connectivity index (χ0n) is 18.2. The van der Waals surface area contributed by atoms with E-state index in [1.165, 1.54) is 10.4 Å². The molecule has 1 aliphatic heterocycles. The van der Waals surface area contributed by atoms with Crippen LogP contribution in [0.1, 0.15) is 42.2 Å². The van der Waals surface area contributed by atoms with Crippen LogP contribution in [0.4, 0.5) is 5.69 Å². The van der Waals surface area contributed by atoms with Gasteiger partial charge in [0.15, 0.2) is 0 Å². The van der Waals surface area contributed by atoms with E-state index in [1.807, 2.05) is 32.0 Å². The minimum Gasteiger partial charge on any atom is -0.497 e. The summed E-state index contributed by atoms with van der Waals surface area (Å²) in [7, 11) is -1.86. The quantitative estimate of drug-likeness (QED) is 0.659. The van der Waals surface area contributed by atoms with Gasteiger partial charge in [-0.15, -0.1) is 6.58 Å². The third-order valence-electron chi connectivity index (χ3n) is 5.09. The van der Waals surface area contributed by atoms with Crippen molar-refractivity contribution in [2.45, 2.75) is 31.9 Å². The number of methoxy groups -OCH3 is 1. The van der Waals surface area contributed by atoms with Crippen LogP contribution < -0.4 is 19.1 Å². The van der Waals surface area contributed by atoms with Gasteiger partial charge in [-0.25, -0.2) is 8.42 Å². The van der Waals surface area contributed by atoms with Gasteiger partial charge in [-0.3, -0.25) is 9.10 Å². The zero-order valence-corrected chi connectivity index (χ0v) is 19.0. The molecule has 1 unspecified atom stereocenters. The topological polar surface area (TPSA) is 84.9 Å². The van der Waals surface area contributed by atoms with Crippen molar-refractivity contribution in [3.05, 3.63) is 66.2 Å². The van der Waals surface area contributed by atoms with E-state index in [-0.39, 0.29) is 18.5 Å². The number of nitrogens with zero attached hydrogens (tertiary/aromatic N) is 1. The summed E-state index contributed by atoms with van der Waals surface area (Å²) in [5.41, 5.74) is 1.33. The molecule has 0 radical (unpaired) electrons. The summed E-state index contributed by atoms with van der Waals surface area (Å²) in [6.07, 6.45) is 3.24. The zero-order chi connectivity index (χ0) is 22.8. The molecule has 0 fully saturated rings. The number of fused-ring (bicyclic) bond motifs is 1. The van der Waals surface area contributed by atoms with Crippen molar-refractivity contribution in [3.63, 3.8) is 0 Å². The van der Waals surface area contributed by atoms with Crippen LogP contribution in [0.15, 0.2) is 55.1 Å². The number of hydrogen-bond acceptors (Lipinski definition) is 5. The number of anilines is 1. The molecule has 0 aromatic heterocycles. The maximum Gasteiger partial charge on any atom is 0.251 e. The molecule has 31 heavy (non-hydrogen) atoms. The van der Waals surface area contributed by atoms with Gasteiger partial charge in [-0.05, 0) is 56.3 Å². The number of rotatable bonds is 7. The van der Waals surface area contributed by atoms with Gasteiger partial charge in [-0.2, -0.15) is 0 Å². The molecule has 1 amide bonds. The standard InChI is InChI=1S/C23H28N2O5S/c1-6-13-25(31(5,27)28)17-9-7-16(8-10-17)22(26)24-20-15-23(2,3)30-21-12-11-18(29-4)14-19(20)21/h6-12,14,20H,1,13,15H2,2-5H3,(H,24,26). The van der Waals surface area contributed by atoms with Crippen LogP contribution in [0.2, 0.25) is 0 Å². The number of nitrogens with one attached hydrogen (secondary N) is 1. The number of carbonyl (C=O) groups excluding carboxylic acids is 1. The van der Waals surface area contributed by atoms with Crippen molar-refractivity contribution in [1.29, 1.82) is 0 Å². The third-order valence-corrected chi connectivity index (χ3v) is 6.25. The van der Waals surface area contributed by atoms with Crippen molar-refractivity contribution in [3.8, 4) is 11.5 Å². The lowest BCUT2D eigenvalue weighted by Crippen LogP contribution is -2.41. The van der Waals surface area contributed by atoms with Crippen molar-refractivity contribution >= 4 is 21.6 Å². The van der Waals surface area contributed by atoms with E-state index < -0.39 is 15.6 Å². The fourth-order valence-electron chi connectivity index (χ4n) is 3.66. The monoisotopic (exact) mass is 444 g/mol. The van der Waals surface area contributed by atoms with Crippen LogP contribution in [0, 0.1) is 0 Å². The Morgan fingerprint density at radius 2 is 1.97 bits per heavy atom. The maximum absolute atomic E-state index is 13.0. The summed E-state index contributed by atoms with van der Waals surface area (Å²) < 4.78 is 36.6. The highest BCUT2D eigenvalue weighted by atomic mass is 32.2. The highest BCUT2D eigenvalue weighted by Crippen LogP contribution is 2.41. The Kier molecular flexibility index (Phi) is 6.31. The molecule has 1 heterocycles.